The maximum Gasteiger partial charge on any atom is 0.259 e. The Balaban J connectivity index is 2.26. The van der Waals surface area contributed by atoms with Crippen LogP contribution in [0, 0.1) is 11.6 Å². The summed E-state index contributed by atoms with van der Waals surface area (Å²) in [5, 5.41) is 2.76. The summed E-state index contributed by atoms with van der Waals surface area (Å²) in [4.78, 5) is 11.4. The van der Waals surface area contributed by atoms with Gasteiger partial charge in [0.25, 0.3) is 11.3 Å². The maximum atomic E-state index is 13.6. The Bertz CT molecular complexity index is 768. The van der Waals surface area contributed by atoms with E-state index in [1.807, 2.05) is 0 Å². The van der Waals surface area contributed by atoms with E-state index < -0.39 is 22.9 Å². The number of nitrogens with one attached hydrogen (secondary N) is 2. The van der Waals surface area contributed by atoms with E-state index in [2.05, 4.69) is 10.0 Å². The Morgan fingerprint density at radius 2 is 1.87 bits per heavy atom. The molecule has 0 aliphatic rings. The van der Waals surface area contributed by atoms with Crippen LogP contribution in [0.25, 0.3) is 0 Å². The van der Waals surface area contributed by atoms with Gasteiger partial charge < -0.3 is 5.32 Å². The Kier molecular flexibility index (Phi) is 5.41. The van der Waals surface area contributed by atoms with Crippen molar-refractivity contribution in [1.29, 1.82) is 0 Å². The van der Waals surface area contributed by atoms with E-state index >= 15 is 0 Å². The van der Waals surface area contributed by atoms with Crippen molar-refractivity contribution in [2.45, 2.75) is 13.5 Å². The second-order valence-corrected chi connectivity index (χ2v) is 5.46. The predicted molar refractivity (Wildman–Crippen MR) is 84.5 cm³/mol. The van der Waals surface area contributed by atoms with E-state index in [9.17, 15) is 17.8 Å². The van der Waals surface area contributed by atoms with Crippen LogP contribution in [0.2, 0.25) is 0 Å². The summed E-state index contributed by atoms with van der Waals surface area (Å²) in [6, 6.07) is 7.64. The van der Waals surface area contributed by atoms with Crippen LogP contribution in [0.4, 0.5) is 20.2 Å². The zero-order valence-electron chi connectivity index (χ0n) is 12.1. The van der Waals surface area contributed by atoms with Crippen molar-refractivity contribution < 1.29 is 22.3 Å². The number of Topliss-reactive ketones (excluding diaryl/α,β-unsaturated/α-hetero) is 1. The van der Waals surface area contributed by atoms with Gasteiger partial charge in [-0.3, -0.25) is 14.1 Å². The van der Waals surface area contributed by atoms with E-state index in [4.69, 9.17) is 4.55 Å². The van der Waals surface area contributed by atoms with Crippen LogP contribution in [-0.4, -0.2) is 14.5 Å². The molecule has 0 spiro atoms. The zero-order chi connectivity index (χ0) is 17.0. The highest BCUT2D eigenvalue weighted by molar-refractivity contribution is 7.80. The fraction of sp³-hybridized carbons (Fsp3) is 0.133. The Hall–Kier alpha value is -2.32. The lowest BCUT2D eigenvalue weighted by molar-refractivity contribution is 0.101. The second kappa shape index (κ2) is 7.30. The molecule has 3 N–H and O–H groups in total. The minimum absolute atomic E-state index is 0.0726. The summed E-state index contributed by atoms with van der Waals surface area (Å²) in [6.45, 7) is 1.46. The molecule has 0 fully saturated rings. The molecule has 0 saturated heterocycles. The van der Waals surface area contributed by atoms with Gasteiger partial charge in [0.1, 0.15) is 11.6 Å². The minimum atomic E-state index is -2.29. The topological polar surface area (TPSA) is 78.4 Å². The largest absolute Gasteiger partial charge is 0.379 e. The molecule has 23 heavy (non-hydrogen) atoms. The predicted octanol–water partition coefficient (Wildman–Crippen LogP) is 3.33. The van der Waals surface area contributed by atoms with Gasteiger partial charge in [-0.1, -0.05) is 0 Å². The zero-order valence-corrected chi connectivity index (χ0v) is 12.9. The molecule has 5 nitrogen and oxygen atoms in total. The first-order valence-corrected chi connectivity index (χ1v) is 7.68. The van der Waals surface area contributed by atoms with E-state index in [0.717, 1.165) is 12.1 Å². The van der Waals surface area contributed by atoms with Gasteiger partial charge >= 0.3 is 0 Å². The van der Waals surface area contributed by atoms with Crippen LogP contribution in [0.3, 0.4) is 0 Å². The Morgan fingerprint density at radius 3 is 2.48 bits per heavy atom. The number of carbonyl (C=O) groups is 1. The van der Waals surface area contributed by atoms with Gasteiger partial charge in [-0.25, -0.2) is 13.0 Å². The number of halogens is 2. The average Bonchev–Trinajstić information content (AvgIpc) is 2.46. The molecule has 1 atom stereocenters. The fourth-order valence-corrected chi connectivity index (χ4v) is 2.36. The molecule has 0 radical (unpaired) electrons. The van der Waals surface area contributed by atoms with Crippen LogP contribution >= 0.6 is 0 Å². The van der Waals surface area contributed by atoms with Crippen LogP contribution in [0.5, 0.6) is 0 Å². The summed E-state index contributed by atoms with van der Waals surface area (Å²) in [6.07, 6.45) is 0. The lowest BCUT2D eigenvalue weighted by atomic mass is 10.1. The van der Waals surface area contributed by atoms with E-state index in [1.54, 1.807) is 0 Å². The highest BCUT2D eigenvalue weighted by Crippen LogP contribution is 2.22. The van der Waals surface area contributed by atoms with Gasteiger partial charge in [0, 0.05) is 18.2 Å². The molecule has 0 aliphatic carbocycles. The fourth-order valence-electron chi connectivity index (χ4n) is 1.98. The maximum absolute atomic E-state index is 13.6. The SMILES string of the molecule is CC(=O)c1ccc(NS(=O)O)c(CNc2ccc(F)cc2F)c1. The van der Waals surface area contributed by atoms with Gasteiger partial charge in [0.15, 0.2) is 5.78 Å². The van der Waals surface area contributed by atoms with Crippen molar-refractivity contribution >= 4 is 28.4 Å². The molecule has 0 aromatic heterocycles. The molecule has 0 heterocycles. The Morgan fingerprint density at radius 1 is 1.17 bits per heavy atom. The molecule has 122 valence electrons. The lowest BCUT2D eigenvalue weighted by Gasteiger charge is -2.13. The van der Waals surface area contributed by atoms with E-state index in [-0.39, 0.29) is 18.0 Å². The molecule has 2 aromatic rings. The lowest BCUT2D eigenvalue weighted by Crippen LogP contribution is -2.09. The number of rotatable bonds is 6. The quantitative estimate of drug-likeness (QED) is 0.557. The summed E-state index contributed by atoms with van der Waals surface area (Å²) in [5.41, 5.74) is 1.31. The smallest absolute Gasteiger partial charge is 0.259 e. The van der Waals surface area contributed by atoms with Gasteiger partial charge in [-0.15, -0.1) is 0 Å². The highest BCUT2D eigenvalue weighted by Gasteiger charge is 2.10. The second-order valence-electron chi connectivity index (χ2n) is 4.76. The summed E-state index contributed by atoms with van der Waals surface area (Å²) in [7, 11) is 0. The van der Waals surface area contributed by atoms with Crippen LogP contribution in [0.15, 0.2) is 36.4 Å². The molecule has 2 rings (SSSR count). The first kappa shape index (κ1) is 17.0. The first-order valence-electron chi connectivity index (χ1n) is 6.57. The van der Waals surface area contributed by atoms with Crippen LogP contribution < -0.4 is 10.0 Å². The normalized spacial score (nSPS) is 11.8. The third-order valence-corrected chi connectivity index (χ3v) is 3.50. The molecule has 0 amide bonds. The molecular formula is C15H14F2N2O3S. The van der Waals surface area contributed by atoms with Crippen molar-refractivity contribution in [3.05, 3.63) is 59.2 Å². The highest BCUT2D eigenvalue weighted by atomic mass is 32.2. The summed E-state index contributed by atoms with van der Waals surface area (Å²) < 4.78 is 48.7. The van der Waals surface area contributed by atoms with Crippen molar-refractivity contribution in [1.82, 2.24) is 0 Å². The molecule has 8 heteroatoms. The third-order valence-electron chi connectivity index (χ3n) is 3.11. The summed E-state index contributed by atoms with van der Waals surface area (Å²) >= 11 is -2.29. The van der Waals surface area contributed by atoms with Gasteiger partial charge in [0.05, 0.1) is 11.4 Å². The van der Waals surface area contributed by atoms with E-state index in [1.165, 1.54) is 31.2 Å². The number of anilines is 2. The number of ketones is 1. The average molecular weight is 340 g/mol. The molecule has 1 unspecified atom stereocenters. The Labute approximate surface area is 134 Å². The molecule has 0 saturated carbocycles. The van der Waals surface area contributed by atoms with Crippen molar-refractivity contribution in [2.24, 2.45) is 0 Å². The van der Waals surface area contributed by atoms with E-state index in [0.29, 0.717) is 16.8 Å². The van der Waals surface area contributed by atoms with Gasteiger partial charge in [-0.05, 0) is 42.8 Å². The van der Waals surface area contributed by atoms with Gasteiger partial charge in [-0.2, -0.15) is 0 Å². The van der Waals surface area contributed by atoms with Crippen LogP contribution in [-0.2, 0) is 17.8 Å². The molecule has 0 aliphatic heterocycles. The minimum Gasteiger partial charge on any atom is -0.379 e. The third kappa shape index (κ3) is 4.57. The number of carbonyl (C=O) groups excluding carboxylic acids is 1. The van der Waals surface area contributed by atoms with Crippen molar-refractivity contribution in [2.75, 3.05) is 10.0 Å². The summed E-state index contributed by atoms with van der Waals surface area (Å²) in [5.74, 6) is -1.62. The van der Waals surface area contributed by atoms with Crippen LogP contribution in [0.1, 0.15) is 22.8 Å². The number of hydrogen-bond donors (Lipinski definition) is 3. The molecule has 2 aromatic carbocycles. The monoisotopic (exact) mass is 340 g/mol. The first-order chi connectivity index (χ1) is 10.9. The van der Waals surface area contributed by atoms with Crippen molar-refractivity contribution in [3.8, 4) is 0 Å². The van der Waals surface area contributed by atoms with Gasteiger partial charge in [0.2, 0.25) is 0 Å². The van der Waals surface area contributed by atoms with Crippen molar-refractivity contribution in [3.63, 3.8) is 0 Å². The number of benzene rings is 2. The number of hydrogen-bond acceptors (Lipinski definition) is 3. The molecule has 0 bridgehead atoms. The standard InChI is InChI=1S/C15H14F2N2O3S/c1-9(20)10-2-4-14(19-23(21)22)11(6-10)8-18-15-5-3-12(16)7-13(15)17/h2-7,18-19H,8H2,1H3,(H,21,22). The molecular weight excluding hydrogens is 326 g/mol.